The van der Waals surface area contributed by atoms with E-state index in [0.29, 0.717) is 28.3 Å². The maximum absolute atomic E-state index is 11.7. The number of halogens is 1. The number of aromatic nitrogens is 2. The van der Waals surface area contributed by atoms with E-state index in [9.17, 15) is 4.79 Å². The lowest BCUT2D eigenvalue weighted by Crippen LogP contribution is -2.14. The van der Waals surface area contributed by atoms with Crippen molar-refractivity contribution in [3.05, 3.63) is 41.2 Å². The smallest absolute Gasteiger partial charge is 0.253 e. The highest BCUT2D eigenvalue weighted by Crippen LogP contribution is 2.22. The first-order valence-electron chi connectivity index (χ1n) is 7.95. The molecule has 138 valence electrons. The summed E-state index contributed by atoms with van der Waals surface area (Å²) in [6.07, 6.45) is 2.63. The molecule has 0 spiro atoms. The fraction of sp³-hybridized carbons (Fsp3) is 0.333. The number of ether oxygens (including phenoxy) is 2. The Hall–Kier alpha value is -2.69. The van der Waals surface area contributed by atoms with Gasteiger partial charge in [-0.1, -0.05) is 5.92 Å². The number of nitrogens with two attached hydrogens (primary N) is 1. The average Bonchev–Trinajstić information content (AvgIpc) is 3.28. The lowest BCUT2D eigenvalue weighted by atomic mass is 10.2. The molecule has 1 aliphatic rings. The molecule has 7 nitrogen and oxygen atoms in total. The Morgan fingerprint density at radius 3 is 2.50 bits per heavy atom. The van der Waals surface area contributed by atoms with Crippen LogP contribution in [0.2, 0.25) is 0 Å². The van der Waals surface area contributed by atoms with Crippen LogP contribution < -0.4 is 20.5 Å². The molecule has 1 atom stereocenters. The largest absolute Gasteiger partial charge is 0.497 e. The van der Waals surface area contributed by atoms with Gasteiger partial charge in [0.2, 0.25) is 0 Å². The first-order chi connectivity index (χ1) is 12.1. The van der Waals surface area contributed by atoms with Gasteiger partial charge >= 0.3 is 0 Å². The fourth-order valence-electron chi connectivity index (χ4n) is 2.73. The number of methoxy groups -OCH3 is 2. The molecular weight excluding hydrogens is 356 g/mol. The van der Waals surface area contributed by atoms with Crippen LogP contribution in [0, 0.1) is 11.8 Å². The predicted octanol–water partition coefficient (Wildman–Crippen LogP) is 1.36. The van der Waals surface area contributed by atoms with E-state index in [1.165, 1.54) is 0 Å². The molecule has 1 aliphatic heterocycles. The number of amides is 1. The first kappa shape index (κ1) is 19.6. The second-order valence-corrected chi connectivity index (χ2v) is 5.73. The summed E-state index contributed by atoms with van der Waals surface area (Å²) < 4.78 is 12.2. The molecule has 0 saturated carbocycles. The van der Waals surface area contributed by atoms with Crippen molar-refractivity contribution < 1.29 is 14.3 Å². The summed E-state index contributed by atoms with van der Waals surface area (Å²) >= 11 is 0. The predicted molar refractivity (Wildman–Crippen MR) is 100 cm³/mol. The summed E-state index contributed by atoms with van der Waals surface area (Å²) in [5.74, 6) is 6.69. The van der Waals surface area contributed by atoms with E-state index in [0.717, 1.165) is 19.5 Å². The van der Waals surface area contributed by atoms with Crippen LogP contribution in [-0.2, 0) is 0 Å². The van der Waals surface area contributed by atoms with Gasteiger partial charge in [-0.15, -0.1) is 12.4 Å². The molecular formula is C18H21ClN4O3. The standard InChI is InChI=1S/C18H20N4O3.ClH/c1-24-14-7-12(8-15(9-14)25-2)3-4-17-16(18(19)23)11-22(21-17)13-5-6-20-10-13;/h7-9,11,13,20H,5-6,10H2,1-2H3,(H2,19,23);1H/t13-;/m0./s1. The highest BCUT2D eigenvalue weighted by Gasteiger charge is 2.20. The average molecular weight is 377 g/mol. The summed E-state index contributed by atoms with van der Waals surface area (Å²) in [5, 5.41) is 7.72. The van der Waals surface area contributed by atoms with Crippen molar-refractivity contribution in [2.24, 2.45) is 5.73 Å². The molecule has 0 unspecified atom stereocenters. The first-order valence-corrected chi connectivity index (χ1v) is 7.95. The maximum atomic E-state index is 11.7. The van der Waals surface area contributed by atoms with E-state index in [1.807, 2.05) is 0 Å². The van der Waals surface area contributed by atoms with Gasteiger partial charge in [0.05, 0.1) is 25.8 Å². The molecule has 1 aromatic heterocycles. The molecule has 0 bridgehead atoms. The summed E-state index contributed by atoms with van der Waals surface area (Å²) in [7, 11) is 3.16. The molecule has 3 rings (SSSR count). The molecule has 1 saturated heterocycles. The van der Waals surface area contributed by atoms with Gasteiger partial charge in [-0.25, -0.2) is 0 Å². The second kappa shape index (κ2) is 8.61. The second-order valence-electron chi connectivity index (χ2n) is 5.73. The molecule has 0 radical (unpaired) electrons. The molecule has 3 N–H and O–H groups in total. The molecule has 0 aliphatic carbocycles. The normalized spacial score (nSPS) is 15.5. The quantitative estimate of drug-likeness (QED) is 0.786. The molecule has 26 heavy (non-hydrogen) atoms. The van der Waals surface area contributed by atoms with E-state index >= 15 is 0 Å². The zero-order valence-corrected chi connectivity index (χ0v) is 15.4. The Labute approximate surface area is 158 Å². The van der Waals surface area contributed by atoms with Crippen LogP contribution in [0.15, 0.2) is 24.4 Å². The van der Waals surface area contributed by atoms with Crippen molar-refractivity contribution in [1.29, 1.82) is 0 Å². The number of primary amides is 1. The van der Waals surface area contributed by atoms with Crippen LogP contribution in [0.4, 0.5) is 0 Å². The lowest BCUT2D eigenvalue weighted by molar-refractivity contribution is 0.1000. The van der Waals surface area contributed by atoms with E-state index in [4.69, 9.17) is 15.2 Å². The third-order valence-corrected chi connectivity index (χ3v) is 4.08. The summed E-state index contributed by atoms with van der Waals surface area (Å²) in [6.45, 7) is 1.75. The van der Waals surface area contributed by atoms with Crippen molar-refractivity contribution in [3.8, 4) is 23.3 Å². The van der Waals surface area contributed by atoms with Crippen molar-refractivity contribution >= 4 is 18.3 Å². The molecule has 1 fully saturated rings. The molecule has 1 amide bonds. The molecule has 2 heterocycles. The molecule has 2 aromatic rings. The van der Waals surface area contributed by atoms with Crippen molar-refractivity contribution in [2.45, 2.75) is 12.5 Å². The van der Waals surface area contributed by atoms with E-state index in [-0.39, 0.29) is 18.4 Å². The van der Waals surface area contributed by atoms with E-state index in [2.05, 4.69) is 22.3 Å². The van der Waals surface area contributed by atoms with Gasteiger partial charge in [0.1, 0.15) is 17.2 Å². The van der Waals surface area contributed by atoms with Crippen LogP contribution >= 0.6 is 12.4 Å². The number of benzene rings is 1. The molecule has 1 aromatic carbocycles. The number of hydrogen-bond donors (Lipinski definition) is 2. The zero-order chi connectivity index (χ0) is 17.8. The van der Waals surface area contributed by atoms with Crippen LogP contribution in [0.3, 0.4) is 0 Å². The third-order valence-electron chi connectivity index (χ3n) is 4.08. The van der Waals surface area contributed by atoms with E-state index in [1.54, 1.807) is 43.3 Å². The summed E-state index contributed by atoms with van der Waals surface area (Å²) in [4.78, 5) is 11.7. The van der Waals surface area contributed by atoms with Crippen molar-refractivity contribution in [2.75, 3.05) is 27.3 Å². The van der Waals surface area contributed by atoms with Gasteiger partial charge in [0, 0.05) is 24.4 Å². The summed E-state index contributed by atoms with van der Waals surface area (Å²) in [5.41, 5.74) is 6.87. The van der Waals surface area contributed by atoms with Crippen LogP contribution in [-0.4, -0.2) is 43.0 Å². The number of rotatable bonds is 4. The Balaban J connectivity index is 0.00000243. The Bertz CT molecular complexity index is 826. The van der Waals surface area contributed by atoms with Crippen molar-refractivity contribution in [3.63, 3.8) is 0 Å². The maximum Gasteiger partial charge on any atom is 0.253 e. The minimum Gasteiger partial charge on any atom is -0.497 e. The minimum absolute atomic E-state index is 0. The fourth-order valence-corrected chi connectivity index (χ4v) is 2.73. The number of nitrogens with zero attached hydrogens (tertiary/aromatic N) is 2. The Morgan fingerprint density at radius 1 is 1.27 bits per heavy atom. The Kier molecular flexibility index (Phi) is 6.50. The summed E-state index contributed by atoms with van der Waals surface area (Å²) in [6, 6.07) is 5.56. The minimum atomic E-state index is -0.537. The van der Waals surface area contributed by atoms with Crippen LogP contribution in [0.1, 0.15) is 34.1 Å². The van der Waals surface area contributed by atoms with E-state index < -0.39 is 5.91 Å². The van der Waals surface area contributed by atoms with Gasteiger partial charge in [-0.3, -0.25) is 9.48 Å². The van der Waals surface area contributed by atoms with Gasteiger partial charge in [-0.05, 0) is 31.0 Å². The number of hydrogen-bond acceptors (Lipinski definition) is 5. The number of carbonyl (C=O) groups excluding carboxylic acids is 1. The van der Waals surface area contributed by atoms with Crippen LogP contribution in [0.25, 0.3) is 0 Å². The highest BCUT2D eigenvalue weighted by atomic mass is 35.5. The van der Waals surface area contributed by atoms with Crippen LogP contribution in [0.5, 0.6) is 11.5 Å². The number of carbonyl (C=O) groups is 1. The number of nitrogens with one attached hydrogen (secondary N) is 1. The molecule has 8 heteroatoms. The Morgan fingerprint density at radius 2 is 1.96 bits per heavy atom. The highest BCUT2D eigenvalue weighted by molar-refractivity contribution is 5.94. The topological polar surface area (TPSA) is 91.4 Å². The van der Waals surface area contributed by atoms with Crippen molar-refractivity contribution in [1.82, 2.24) is 15.1 Å². The van der Waals surface area contributed by atoms with Gasteiger partial charge in [0.15, 0.2) is 0 Å². The van der Waals surface area contributed by atoms with Gasteiger partial charge in [0.25, 0.3) is 5.91 Å². The lowest BCUT2D eigenvalue weighted by Gasteiger charge is -2.07. The van der Waals surface area contributed by atoms with Gasteiger partial charge in [-0.2, -0.15) is 5.10 Å². The SMILES string of the molecule is COc1cc(C#Cc2nn([C@H]3CCNC3)cc2C(N)=O)cc(OC)c1.Cl. The monoisotopic (exact) mass is 376 g/mol. The zero-order valence-electron chi connectivity index (χ0n) is 14.6. The third kappa shape index (κ3) is 4.28. The van der Waals surface area contributed by atoms with Gasteiger partial charge < -0.3 is 20.5 Å².